The van der Waals surface area contributed by atoms with Gasteiger partial charge in [0.1, 0.15) is 10.6 Å². The summed E-state index contributed by atoms with van der Waals surface area (Å²) in [4.78, 5) is 15.8. The van der Waals surface area contributed by atoms with Crippen LogP contribution in [0, 0.1) is 0 Å². The Bertz CT molecular complexity index is 1010. The van der Waals surface area contributed by atoms with Gasteiger partial charge < -0.3 is 20.1 Å². The maximum Gasteiger partial charge on any atom is 0.224 e. The van der Waals surface area contributed by atoms with Crippen LogP contribution in [0.25, 0.3) is 11.0 Å². The minimum absolute atomic E-state index is 0.101. The molecule has 1 saturated heterocycles. The van der Waals surface area contributed by atoms with Crippen LogP contribution in [0.15, 0.2) is 12.3 Å². The van der Waals surface area contributed by atoms with E-state index < -0.39 is 0 Å². The Morgan fingerprint density at radius 1 is 1.06 bits per heavy atom. The number of hydrogen-bond acceptors (Lipinski definition) is 6. The van der Waals surface area contributed by atoms with Crippen molar-refractivity contribution in [3.05, 3.63) is 18.0 Å². The lowest BCUT2D eigenvalue weighted by atomic mass is 9.80. The SMILES string of the molecule is CN1CCN([C@H]2CC[C@@H](Nc3ncc4cc5n(c4n3)C3(CCCCC3)CNC5=S)CC2)CC1. The largest absolute Gasteiger partial charge is 0.372 e. The summed E-state index contributed by atoms with van der Waals surface area (Å²) in [6, 6.07) is 3.40. The lowest BCUT2D eigenvalue weighted by Crippen LogP contribution is -2.52. The molecule has 7 nitrogen and oxygen atoms in total. The second kappa shape index (κ2) is 8.78. The van der Waals surface area contributed by atoms with Gasteiger partial charge in [0.15, 0.2) is 0 Å². The number of rotatable bonds is 3. The third-order valence-electron chi connectivity index (χ3n) is 8.69. The number of nitrogens with one attached hydrogen (secondary N) is 2. The first kappa shape index (κ1) is 21.7. The average molecular weight is 468 g/mol. The van der Waals surface area contributed by atoms with E-state index in [1.807, 2.05) is 6.20 Å². The van der Waals surface area contributed by atoms with Gasteiger partial charge in [0.2, 0.25) is 5.95 Å². The molecule has 2 N–H and O–H groups in total. The molecule has 2 saturated carbocycles. The summed E-state index contributed by atoms with van der Waals surface area (Å²) >= 11 is 5.69. The van der Waals surface area contributed by atoms with Gasteiger partial charge in [-0.25, -0.2) is 4.98 Å². The van der Waals surface area contributed by atoms with E-state index in [4.69, 9.17) is 22.2 Å². The molecule has 2 aromatic heterocycles. The van der Waals surface area contributed by atoms with Crippen LogP contribution in [0.5, 0.6) is 0 Å². The van der Waals surface area contributed by atoms with Crippen LogP contribution in [0.2, 0.25) is 0 Å². The quantitative estimate of drug-likeness (QED) is 0.672. The zero-order valence-corrected chi connectivity index (χ0v) is 20.7. The van der Waals surface area contributed by atoms with Crippen LogP contribution >= 0.6 is 12.2 Å². The molecule has 0 aromatic carbocycles. The summed E-state index contributed by atoms with van der Waals surface area (Å²) in [5.74, 6) is 0.779. The van der Waals surface area contributed by atoms with Crippen molar-refractivity contribution in [1.29, 1.82) is 0 Å². The lowest BCUT2D eigenvalue weighted by Gasteiger charge is -2.43. The van der Waals surface area contributed by atoms with Gasteiger partial charge >= 0.3 is 0 Å². The second-order valence-electron chi connectivity index (χ2n) is 10.8. The molecule has 0 radical (unpaired) electrons. The summed E-state index contributed by atoms with van der Waals surface area (Å²) in [5, 5.41) is 8.31. The third kappa shape index (κ3) is 4.04. The first-order valence-electron chi connectivity index (χ1n) is 13.0. The molecule has 0 atom stereocenters. The zero-order chi connectivity index (χ0) is 22.4. The van der Waals surface area contributed by atoms with Crippen molar-refractivity contribution in [1.82, 2.24) is 29.7 Å². The predicted octanol–water partition coefficient (Wildman–Crippen LogP) is 3.34. The Hall–Kier alpha value is -1.77. The summed E-state index contributed by atoms with van der Waals surface area (Å²) in [6.07, 6.45) is 13.2. The summed E-state index contributed by atoms with van der Waals surface area (Å²) in [6.45, 7) is 5.77. The molecule has 6 rings (SSSR count). The molecule has 0 bridgehead atoms. The predicted molar refractivity (Wildman–Crippen MR) is 137 cm³/mol. The molecule has 0 amide bonds. The van der Waals surface area contributed by atoms with Gasteiger partial charge in [0.05, 0.1) is 11.2 Å². The van der Waals surface area contributed by atoms with Crippen molar-refractivity contribution in [3.8, 4) is 0 Å². The standard InChI is InChI=1S/C25H37N7S/c1-30-11-13-31(14-12-30)20-7-5-19(6-8-20)28-24-26-16-18-15-21-23(33)27-17-25(9-3-2-4-10-25)32(21)22(18)29-24/h15-16,19-20H,2-14,17H2,1H3,(H,27,33)(H,26,28,29)/t19-,20+. The smallest absolute Gasteiger partial charge is 0.224 e. The maximum absolute atomic E-state index is 5.69. The van der Waals surface area contributed by atoms with Crippen molar-refractivity contribution < 1.29 is 0 Å². The van der Waals surface area contributed by atoms with E-state index in [0.29, 0.717) is 6.04 Å². The van der Waals surface area contributed by atoms with Gasteiger partial charge in [-0.1, -0.05) is 31.5 Å². The van der Waals surface area contributed by atoms with Gasteiger partial charge in [0, 0.05) is 56.4 Å². The highest BCUT2D eigenvalue weighted by atomic mass is 32.1. The molecule has 2 aliphatic heterocycles. The molecule has 8 heteroatoms. The van der Waals surface area contributed by atoms with Gasteiger partial charge in [0.25, 0.3) is 0 Å². The fraction of sp³-hybridized carbons (Fsp3) is 0.720. The number of likely N-dealkylation sites (N-methyl/N-ethyl adjacent to an activating group) is 1. The van der Waals surface area contributed by atoms with E-state index in [1.54, 1.807) is 0 Å². The molecule has 4 aliphatic rings. The Kier molecular flexibility index (Phi) is 5.79. The van der Waals surface area contributed by atoms with E-state index in [9.17, 15) is 0 Å². The number of hydrogen-bond donors (Lipinski definition) is 2. The van der Waals surface area contributed by atoms with Crippen molar-refractivity contribution in [2.24, 2.45) is 0 Å². The highest BCUT2D eigenvalue weighted by molar-refractivity contribution is 7.80. The normalized spacial score (nSPS) is 28.6. The molecule has 0 unspecified atom stereocenters. The van der Waals surface area contributed by atoms with Crippen LogP contribution in [0.3, 0.4) is 0 Å². The van der Waals surface area contributed by atoms with Gasteiger partial charge in [-0.2, -0.15) is 4.98 Å². The van der Waals surface area contributed by atoms with E-state index in [2.05, 4.69) is 38.1 Å². The number of fused-ring (bicyclic) bond motifs is 4. The number of thiocarbonyl (C=S) groups is 1. The average Bonchev–Trinajstić information content (AvgIpc) is 3.24. The zero-order valence-electron chi connectivity index (χ0n) is 19.9. The molecule has 33 heavy (non-hydrogen) atoms. The fourth-order valence-corrected chi connectivity index (χ4v) is 6.91. The first-order valence-corrected chi connectivity index (χ1v) is 13.4. The Labute approximate surface area is 202 Å². The monoisotopic (exact) mass is 467 g/mol. The Morgan fingerprint density at radius 2 is 1.82 bits per heavy atom. The molecule has 3 fully saturated rings. The third-order valence-corrected chi connectivity index (χ3v) is 9.05. The Morgan fingerprint density at radius 3 is 2.58 bits per heavy atom. The highest BCUT2D eigenvalue weighted by Crippen LogP contribution is 2.40. The molecule has 4 heterocycles. The van der Waals surface area contributed by atoms with Gasteiger partial charge in [-0.15, -0.1) is 0 Å². The van der Waals surface area contributed by atoms with Gasteiger partial charge in [-0.05, 0) is 51.6 Å². The molecule has 2 aromatic rings. The van der Waals surface area contributed by atoms with E-state index >= 15 is 0 Å². The molecule has 178 valence electrons. The maximum atomic E-state index is 5.69. The van der Waals surface area contributed by atoms with Crippen molar-refractivity contribution >= 4 is 34.2 Å². The van der Waals surface area contributed by atoms with E-state index in [-0.39, 0.29) is 5.54 Å². The number of aromatic nitrogens is 3. The first-order chi connectivity index (χ1) is 16.1. The van der Waals surface area contributed by atoms with Crippen LogP contribution in [0.1, 0.15) is 63.5 Å². The fourth-order valence-electron chi connectivity index (χ4n) is 6.69. The van der Waals surface area contributed by atoms with Crippen molar-refractivity contribution in [2.75, 3.05) is 45.1 Å². The van der Waals surface area contributed by atoms with Crippen molar-refractivity contribution in [2.45, 2.75) is 75.4 Å². The summed E-state index contributed by atoms with van der Waals surface area (Å²) < 4.78 is 2.47. The number of nitrogens with zero attached hydrogens (tertiary/aromatic N) is 5. The summed E-state index contributed by atoms with van der Waals surface area (Å²) in [5.41, 5.74) is 2.27. The summed E-state index contributed by atoms with van der Waals surface area (Å²) in [7, 11) is 2.23. The van der Waals surface area contributed by atoms with Crippen molar-refractivity contribution in [3.63, 3.8) is 0 Å². The molecule has 2 aliphatic carbocycles. The molecular weight excluding hydrogens is 430 g/mol. The highest BCUT2D eigenvalue weighted by Gasteiger charge is 2.40. The van der Waals surface area contributed by atoms with Crippen LogP contribution in [-0.2, 0) is 5.54 Å². The lowest BCUT2D eigenvalue weighted by molar-refractivity contribution is 0.0894. The van der Waals surface area contributed by atoms with Crippen LogP contribution in [0.4, 0.5) is 5.95 Å². The minimum Gasteiger partial charge on any atom is -0.372 e. The Balaban J connectivity index is 1.19. The molecule has 1 spiro atoms. The van der Waals surface area contributed by atoms with Gasteiger partial charge in [-0.3, -0.25) is 4.90 Å². The number of piperazine rings is 1. The second-order valence-corrected chi connectivity index (χ2v) is 11.2. The minimum atomic E-state index is 0.101. The number of anilines is 1. The van der Waals surface area contributed by atoms with E-state index in [1.165, 1.54) is 84.0 Å². The van der Waals surface area contributed by atoms with Crippen LogP contribution < -0.4 is 10.6 Å². The topological polar surface area (TPSA) is 61.2 Å². The van der Waals surface area contributed by atoms with E-state index in [0.717, 1.165) is 40.3 Å². The molecular formula is C25H37N7S. The van der Waals surface area contributed by atoms with Crippen LogP contribution in [-0.4, -0.2) is 81.2 Å².